The first-order valence-electron chi connectivity index (χ1n) is 7.46. The van der Waals surface area contributed by atoms with Gasteiger partial charge in [-0.1, -0.05) is 13.8 Å². The summed E-state index contributed by atoms with van der Waals surface area (Å²) in [5.41, 5.74) is 0. The molecule has 2 rings (SSSR count). The zero-order valence-corrected chi connectivity index (χ0v) is 13.0. The zero-order chi connectivity index (χ0) is 14.5. The Bertz CT molecular complexity index is 436. The molecule has 1 aliphatic heterocycles. The van der Waals surface area contributed by atoms with Crippen molar-refractivity contribution in [2.75, 3.05) is 31.6 Å². The highest BCUT2D eigenvalue weighted by atomic mass is 16.5. The van der Waals surface area contributed by atoms with Crippen molar-refractivity contribution >= 4 is 5.82 Å². The van der Waals surface area contributed by atoms with Gasteiger partial charge in [0.1, 0.15) is 11.6 Å². The van der Waals surface area contributed by atoms with E-state index in [1.165, 1.54) is 12.8 Å². The third kappa shape index (κ3) is 4.07. The molecule has 1 atom stereocenters. The van der Waals surface area contributed by atoms with Crippen LogP contribution in [-0.4, -0.2) is 42.8 Å². The fraction of sp³-hybridized carbons (Fsp3) is 0.733. The lowest BCUT2D eigenvalue weighted by Crippen LogP contribution is -2.41. The highest BCUT2D eigenvalue weighted by molar-refractivity contribution is 5.42. The minimum absolute atomic E-state index is 0.548. The normalized spacial score (nSPS) is 19.4. The lowest BCUT2D eigenvalue weighted by atomic mass is 9.98. The van der Waals surface area contributed by atoms with E-state index in [1.54, 1.807) is 7.11 Å². The van der Waals surface area contributed by atoms with Gasteiger partial charge in [-0.3, -0.25) is 0 Å². The molecule has 0 spiro atoms. The molecule has 0 bridgehead atoms. The summed E-state index contributed by atoms with van der Waals surface area (Å²) in [6.07, 6.45) is 2.51. The predicted molar refractivity (Wildman–Crippen MR) is 81.4 cm³/mol. The average molecular weight is 278 g/mol. The molecule has 0 saturated carbocycles. The second-order valence-corrected chi connectivity index (χ2v) is 5.83. The van der Waals surface area contributed by atoms with Gasteiger partial charge in [0.2, 0.25) is 5.88 Å². The van der Waals surface area contributed by atoms with Gasteiger partial charge >= 0.3 is 0 Å². The molecule has 5 heteroatoms. The second kappa shape index (κ2) is 6.88. The highest BCUT2D eigenvalue weighted by Crippen LogP contribution is 2.23. The summed E-state index contributed by atoms with van der Waals surface area (Å²) in [5, 5.41) is 3.54. The molecule has 1 aromatic heterocycles. The van der Waals surface area contributed by atoms with Crippen molar-refractivity contribution < 1.29 is 4.74 Å². The van der Waals surface area contributed by atoms with E-state index >= 15 is 0 Å². The zero-order valence-electron chi connectivity index (χ0n) is 13.0. The highest BCUT2D eigenvalue weighted by Gasteiger charge is 2.21. The molecule has 0 aromatic carbocycles. The average Bonchev–Trinajstić information content (AvgIpc) is 2.44. The van der Waals surface area contributed by atoms with Crippen LogP contribution in [0.3, 0.4) is 0 Å². The summed E-state index contributed by atoms with van der Waals surface area (Å²) in [4.78, 5) is 11.2. The fourth-order valence-electron chi connectivity index (χ4n) is 2.63. The van der Waals surface area contributed by atoms with Crippen molar-refractivity contribution in [3.8, 4) is 5.88 Å². The molecular formula is C15H26N4O. The number of anilines is 1. The van der Waals surface area contributed by atoms with E-state index in [2.05, 4.69) is 34.0 Å². The van der Waals surface area contributed by atoms with Gasteiger partial charge < -0.3 is 15.0 Å². The van der Waals surface area contributed by atoms with Crippen molar-refractivity contribution in [1.29, 1.82) is 0 Å². The van der Waals surface area contributed by atoms with Gasteiger partial charge in [0.25, 0.3) is 0 Å². The van der Waals surface area contributed by atoms with Crippen LogP contribution in [0.4, 0.5) is 5.82 Å². The number of ether oxygens (including phenoxy) is 1. The first-order valence-corrected chi connectivity index (χ1v) is 7.46. The van der Waals surface area contributed by atoms with Crippen LogP contribution in [-0.2, 0) is 0 Å². The number of methoxy groups -OCH3 is 1. The van der Waals surface area contributed by atoms with Crippen molar-refractivity contribution in [1.82, 2.24) is 15.3 Å². The second-order valence-electron chi connectivity index (χ2n) is 5.83. The Morgan fingerprint density at radius 3 is 2.95 bits per heavy atom. The molecule has 1 aromatic rings. The van der Waals surface area contributed by atoms with E-state index in [-0.39, 0.29) is 0 Å². The topological polar surface area (TPSA) is 50.3 Å². The standard InChI is InChI=1S/C15H26N4O/c1-11(2)16-9-13-6-5-7-19(10-13)14-8-15(20-4)18-12(3)17-14/h8,11,13,16H,5-7,9-10H2,1-4H3. The van der Waals surface area contributed by atoms with Gasteiger partial charge in [-0.25, -0.2) is 4.98 Å². The Hall–Kier alpha value is -1.36. The first-order chi connectivity index (χ1) is 9.58. The maximum absolute atomic E-state index is 5.24. The molecule has 5 nitrogen and oxygen atoms in total. The van der Waals surface area contributed by atoms with Crippen molar-refractivity contribution in [3.05, 3.63) is 11.9 Å². The number of rotatable bonds is 5. The SMILES string of the molecule is COc1cc(N2CCCC(CNC(C)C)C2)nc(C)n1. The Kier molecular flexibility index (Phi) is 5.17. The van der Waals surface area contributed by atoms with Gasteiger partial charge in [-0.2, -0.15) is 4.98 Å². The van der Waals surface area contributed by atoms with Crippen molar-refractivity contribution in [3.63, 3.8) is 0 Å². The molecule has 1 aliphatic rings. The predicted octanol–water partition coefficient (Wildman–Crippen LogP) is 2.01. The van der Waals surface area contributed by atoms with E-state index in [9.17, 15) is 0 Å². The largest absolute Gasteiger partial charge is 0.481 e. The molecule has 0 aliphatic carbocycles. The summed E-state index contributed by atoms with van der Waals surface area (Å²) >= 11 is 0. The van der Waals surface area contributed by atoms with Gasteiger partial charge in [0.05, 0.1) is 7.11 Å². The number of aryl methyl sites for hydroxylation is 1. The summed E-state index contributed by atoms with van der Waals surface area (Å²) < 4.78 is 5.24. The third-order valence-electron chi connectivity index (χ3n) is 3.67. The molecule has 1 fully saturated rings. The molecule has 1 saturated heterocycles. The van der Waals surface area contributed by atoms with E-state index in [0.29, 0.717) is 17.8 Å². The summed E-state index contributed by atoms with van der Waals surface area (Å²) in [7, 11) is 1.65. The van der Waals surface area contributed by atoms with Crippen LogP contribution in [0.1, 0.15) is 32.5 Å². The number of hydrogen-bond donors (Lipinski definition) is 1. The van der Waals surface area contributed by atoms with E-state index in [0.717, 1.165) is 31.3 Å². The first kappa shape index (κ1) is 15.0. The number of aromatic nitrogens is 2. The van der Waals surface area contributed by atoms with Crippen LogP contribution in [0.15, 0.2) is 6.07 Å². The number of hydrogen-bond acceptors (Lipinski definition) is 5. The van der Waals surface area contributed by atoms with E-state index in [1.807, 2.05) is 13.0 Å². The van der Waals surface area contributed by atoms with Crippen molar-refractivity contribution in [2.24, 2.45) is 5.92 Å². The van der Waals surface area contributed by atoms with Gasteiger partial charge in [0.15, 0.2) is 0 Å². The summed E-state index contributed by atoms with van der Waals surface area (Å²) in [5.74, 6) is 3.09. The summed E-state index contributed by atoms with van der Waals surface area (Å²) in [6.45, 7) is 9.50. The molecular weight excluding hydrogens is 252 g/mol. The van der Waals surface area contributed by atoms with Crippen LogP contribution < -0.4 is 15.0 Å². The number of piperidine rings is 1. The fourth-order valence-corrected chi connectivity index (χ4v) is 2.63. The summed E-state index contributed by atoms with van der Waals surface area (Å²) in [6, 6.07) is 2.48. The lowest BCUT2D eigenvalue weighted by Gasteiger charge is -2.34. The van der Waals surface area contributed by atoms with Crippen LogP contribution in [0.2, 0.25) is 0 Å². The molecule has 0 radical (unpaired) electrons. The Balaban J connectivity index is 2.02. The number of nitrogens with one attached hydrogen (secondary N) is 1. The Morgan fingerprint density at radius 2 is 2.25 bits per heavy atom. The molecule has 112 valence electrons. The smallest absolute Gasteiger partial charge is 0.218 e. The quantitative estimate of drug-likeness (QED) is 0.893. The number of nitrogens with zero attached hydrogens (tertiary/aromatic N) is 3. The molecule has 1 unspecified atom stereocenters. The van der Waals surface area contributed by atoms with Crippen LogP contribution in [0.25, 0.3) is 0 Å². The lowest BCUT2D eigenvalue weighted by molar-refractivity contribution is 0.375. The van der Waals surface area contributed by atoms with Crippen molar-refractivity contribution in [2.45, 2.75) is 39.7 Å². The van der Waals surface area contributed by atoms with Gasteiger partial charge in [-0.15, -0.1) is 0 Å². The Morgan fingerprint density at radius 1 is 1.45 bits per heavy atom. The minimum Gasteiger partial charge on any atom is -0.481 e. The van der Waals surface area contributed by atoms with Crippen LogP contribution in [0, 0.1) is 12.8 Å². The molecule has 2 heterocycles. The van der Waals surface area contributed by atoms with Gasteiger partial charge in [-0.05, 0) is 32.2 Å². The van der Waals surface area contributed by atoms with Gasteiger partial charge in [0, 0.05) is 25.2 Å². The van der Waals surface area contributed by atoms with E-state index in [4.69, 9.17) is 4.74 Å². The van der Waals surface area contributed by atoms with Crippen LogP contribution in [0.5, 0.6) is 5.88 Å². The third-order valence-corrected chi connectivity index (χ3v) is 3.67. The monoisotopic (exact) mass is 278 g/mol. The minimum atomic E-state index is 0.548. The Labute approximate surface area is 121 Å². The van der Waals surface area contributed by atoms with Crippen LogP contribution >= 0.6 is 0 Å². The molecule has 1 N–H and O–H groups in total. The molecule has 20 heavy (non-hydrogen) atoms. The van der Waals surface area contributed by atoms with E-state index < -0.39 is 0 Å². The maximum atomic E-state index is 5.24. The molecule has 0 amide bonds. The maximum Gasteiger partial charge on any atom is 0.218 e.